The van der Waals surface area contributed by atoms with Crippen LogP contribution in [0.1, 0.15) is 35.0 Å². The smallest absolute Gasteiger partial charge is 0.341 e. The van der Waals surface area contributed by atoms with Crippen LogP contribution in [0, 0.1) is 0 Å². The summed E-state index contributed by atoms with van der Waals surface area (Å²) in [7, 11) is 1.27. The lowest BCUT2D eigenvalue weighted by Gasteiger charge is -2.22. The summed E-state index contributed by atoms with van der Waals surface area (Å²) >= 11 is 0. The van der Waals surface area contributed by atoms with Crippen molar-refractivity contribution in [3.8, 4) is 0 Å². The second kappa shape index (κ2) is 5.96. The number of carbonyl (C=O) groups excluding carboxylic acids is 3. The molecule has 1 atom stereocenters. The first-order valence-corrected chi connectivity index (χ1v) is 7.52. The molecule has 0 radical (unpaired) electrons. The second-order valence-corrected chi connectivity index (χ2v) is 5.95. The Bertz CT molecular complexity index is 795. The van der Waals surface area contributed by atoms with Crippen molar-refractivity contribution in [2.24, 2.45) is 0 Å². The van der Waals surface area contributed by atoms with E-state index >= 15 is 0 Å². The lowest BCUT2D eigenvalue weighted by Crippen LogP contribution is -2.36. The van der Waals surface area contributed by atoms with E-state index in [-0.39, 0.29) is 30.3 Å². The van der Waals surface area contributed by atoms with Crippen molar-refractivity contribution < 1.29 is 23.5 Å². The van der Waals surface area contributed by atoms with E-state index in [0.717, 1.165) is 5.56 Å². The summed E-state index contributed by atoms with van der Waals surface area (Å²) in [4.78, 5) is 37.8. The molecular weight excluding hydrogens is 310 g/mol. The van der Waals surface area contributed by atoms with Gasteiger partial charge in [-0.1, -0.05) is 30.3 Å². The highest BCUT2D eigenvalue weighted by Gasteiger charge is 2.49. The van der Waals surface area contributed by atoms with Gasteiger partial charge in [0.1, 0.15) is 12.0 Å². The number of carbonyl (C=O) groups is 3. The Labute approximate surface area is 139 Å². The molecule has 1 saturated heterocycles. The van der Waals surface area contributed by atoms with Crippen LogP contribution in [0.3, 0.4) is 0 Å². The number of hydrogen-bond acceptors (Lipinski definition) is 5. The van der Waals surface area contributed by atoms with Gasteiger partial charge < -0.3 is 9.15 Å². The first-order chi connectivity index (χ1) is 11.5. The van der Waals surface area contributed by atoms with E-state index < -0.39 is 11.4 Å². The minimum atomic E-state index is -0.879. The number of nitrogens with zero attached hydrogens (tertiary/aromatic N) is 1. The highest BCUT2D eigenvalue weighted by Crippen LogP contribution is 2.36. The predicted molar refractivity (Wildman–Crippen MR) is 84.0 cm³/mol. The summed E-state index contributed by atoms with van der Waals surface area (Å²) in [5, 5.41) is 0. The van der Waals surface area contributed by atoms with Crippen LogP contribution in [0.2, 0.25) is 0 Å². The average molecular weight is 327 g/mol. The molecule has 1 aliphatic heterocycles. The number of amides is 2. The number of rotatable bonds is 4. The van der Waals surface area contributed by atoms with E-state index in [1.165, 1.54) is 24.3 Å². The number of furan rings is 1. The molecule has 1 aromatic carbocycles. The van der Waals surface area contributed by atoms with Crippen molar-refractivity contribution in [3.63, 3.8) is 0 Å². The fourth-order valence-corrected chi connectivity index (χ4v) is 2.92. The zero-order valence-corrected chi connectivity index (χ0v) is 13.4. The van der Waals surface area contributed by atoms with Gasteiger partial charge in [-0.3, -0.25) is 14.5 Å². The number of hydrogen-bond donors (Lipinski definition) is 0. The third kappa shape index (κ3) is 2.60. The molecule has 0 saturated carbocycles. The van der Waals surface area contributed by atoms with Crippen molar-refractivity contribution in [2.75, 3.05) is 7.11 Å². The highest BCUT2D eigenvalue weighted by molar-refractivity contribution is 6.08. The molecule has 6 heteroatoms. The summed E-state index contributed by atoms with van der Waals surface area (Å²) in [6.45, 7) is 1.77. The van der Waals surface area contributed by atoms with Crippen LogP contribution >= 0.6 is 0 Å². The largest absolute Gasteiger partial charge is 0.467 e. The highest BCUT2D eigenvalue weighted by atomic mass is 16.5. The molecule has 0 aliphatic carbocycles. The SMILES string of the molecule is COC(=O)c1coc(CN2C(=O)C[C@@](C)(c3ccccc3)C2=O)c1. The van der Waals surface area contributed by atoms with Gasteiger partial charge >= 0.3 is 5.97 Å². The van der Waals surface area contributed by atoms with E-state index in [9.17, 15) is 14.4 Å². The van der Waals surface area contributed by atoms with Gasteiger partial charge in [-0.2, -0.15) is 0 Å². The van der Waals surface area contributed by atoms with Gasteiger partial charge in [-0.25, -0.2) is 4.79 Å². The molecule has 0 spiro atoms. The van der Waals surface area contributed by atoms with Crippen molar-refractivity contribution in [1.29, 1.82) is 0 Å². The predicted octanol–water partition coefficient (Wildman–Crippen LogP) is 2.28. The Hall–Kier alpha value is -2.89. The zero-order valence-electron chi connectivity index (χ0n) is 13.4. The maximum atomic E-state index is 12.8. The molecule has 0 N–H and O–H groups in total. The van der Waals surface area contributed by atoms with Crippen LogP contribution in [-0.4, -0.2) is 29.8 Å². The summed E-state index contributed by atoms with van der Waals surface area (Å²) in [6.07, 6.45) is 1.36. The molecule has 0 bridgehead atoms. The van der Waals surface area contributed by atoms with Gasteiger partial charge in [0.25, 0.3) is 0 Å². The Kier molecular flexibility index (Phi) is 3.97. The fraction of sp³-hybridized carbons (Fsp3) is 0.278. The van der Waals surface area contributed by atoms with Gasteiger partial charge in [-0.05, 0) is 18.6 Å². The molecule has 2 aromatic rings. The Morgan fingerprint density at radius 2 is 2.00 bits per heavy atom. The lowest BCUT2D eigenvalue weighted by molar-refractivity contribution is -0.140. The van der Waals surface area contributed by atoms with Crippen molar-refractivity contribution in [1.82, 2.24) is 4.90 Å². The molecule has 124 valence electrons. The third-order valence-electron chi connectivity index (χ3n) is 4.32. The quantitative estimate of drug-likeness (QED) is 0.636. The molecule has 2 heterocycles. The molecule has 0 unspecified atom stereocenters. The summed E-state index contributed by atoms with van der Waals surface area (Å²) in [5.41, 5.74) is 0.175. The van der Waals surface area contributed by atoms with Gasteiger partial charge in [0.2, 0.25) is 11.8 Å². The van der Waals surface area contributed by atoms with Crippen LogP contribution in [0.5, 0.6) is 0 Å². The van der Waals surface area contributed by atoms with Crippen LogP contribution < -0.4 is 0 Å². The normalized spacial score (nSPS) is 20.5. The standard InChI is InChI=1S/C18H17NO5/c1-18(13-6-4-3-5-7-13)9-15(20)19(17(18)22)10-14-8-12(11-24-14)16(21)23-2/h3-8,11H,9-10H2,1-2H3/t18-/m0/s1. The van der Waals surface area contributed by atoms with E-state index in [0.29, 0.717) is 5.76 Å². The molecule has 1 aromatic heterocycles. The number of methoxy groups -OCH3 is 1. The van der Waals surface area contributed by atoms with E-state index in [2.05, 4.69) is 4.74 Å². The van der Waals surface area contributed by atoms with Crippen LogP contribution in [0.15, 0.2) is 47.1 Å². The summed E-state index contributed by atoms with van der Waals surface area (Å²) in [5.74, 6) is -0.704. The van der Waals surface area contributed by atoms with Gasteiger partial charge in [0, 0.05) is 6.42 Å². The third-order valence-corrected chi connectivity index (χ3v) is 4.32. The molecule has 2 amide bonds. The van der Waals surface area contributed by atoms with E-state index in [1.54, 1.807) is 6.92 Å². The van der Waals surface area contributed by atoms with Crippen molar-refractivity contribution in [2.45, 2.75) is 25.3 Å². The average Bonchev–Trinajstić information content (AvgIpc) is 3.15. The van der Waals surface area contributed by atoms with E-state index in [4.69, 9.17) is 4.42 Å². The number of likely N-dealkylation sites (tertiary alicyclic amines) is 1. The van der Waals surface area contributed by atoms with E-state index in [1.807, 2.05) is 30.3 Å². The van der Waals surface area contributed by atoms with Crippen molar-refractivity contribution in [3.05, 3.63) is 59.5 Å². The topological polar surface area (TPSA) is 76.8 Å². The number of benzene rings is 1. The molecule has 1 fully saturated rings. The maximum absolute atomic E-state index is 12.8. The van der Waals surface area contributed by atoms with Crippen LogP contribution in [-0.2, 0) is 26.3 Å². The molecule has 24 heavy (non-hydrogen) atoms. The molecule has 1 aliphatic rings. The molecular formula is C18H17NO5. The van der Waals surface area contributed by atoms with Crippen LogP contribution in [0.25, 0.3) is 0 Å². The van der Waals surface area contributed by atoms with Crippen molar-refractivity contribution >= 4 is 17.8 Å². The zero-order chi connectivity index (χ0) is 17.3. The van der Waals surface area contributed by atoms with Gasteiger partial charge in [-0.15, -0.1) is 0 Å². The molecule has 6 nitrogen and oxygen atoms in total. The summed E-state index contributed by atoms with van der Waals surface area (Å²) in [6, 6.07) is 10.7. The number of imide groups is 1. The summed E-state index contributed by atoms with van der Waals surface area (Å²) < 4.78 is 9.88. The second-order valence-electron chi connectivity index (χ2n) is 5.95. The fourth-order valence-electron chi connectivity index (χ4n) is 2.92. The first-order valence-electron chi connectivity index (χ1n) is 7.52. The maximum Gasteiger partial charge on any atom is 0.341 e. The van der Waals surface area contributed by atoms with Gasteiger partial charge in [0.15, 0.2) is 0 Å². The number of ether oxygens (including phenoxy) is 1. The van der Waals surface area contributed by atoms with Gasteiger partial charge in [0.05, 0.1) is 24.6 Å². The minimum absolute atomic E-state index is 0.00289. The Morgan fingerprint density at radius 3 is 2.67 bits per heavy atom. The van der Waals surface area contributed by atoms with Crippen LogP contribution in [0.4, 0.5) is 0 Å². The number of esters is 1. The first kappa shape index (κ1) is 16.0. The minimum Gasteiger partial charge on any atom is -0.467 e. The molecule has 3 rings (SSSR count). The Balaban J connectivity index is 1.82. The monoisotopic (exact) mass is 327 g/mol. The lowest BCUT2D eigenvalue weighted by atomic mass is 9.81. The Morgan fingerprint density at radius 1 is 1.29 bits per heavy atom.